The Morgan fingerprint density at radius 3 is 1.57 bits per heavy atom. The summed E-state index contributed by atoms with van der Waals surface area (Å²) in [6, 6.07) is 86.3. The predicted molar refractivity (Wildman–Crippen MR) is 259 cm³/mol. The SMILES string of the molecule is c1ccc(-c2ccccc2-c2c(-c3ccccc3)cccc2N(c2ccc(-c3ccc(-c4ccc5ccccc5c4)cc3)cc2)c2ccc3sc4ccccc4c3c2)cc1. The van der Waals surface area contributed by atoms with Crippen molar-refractivity contribution < 1.29 is 0 Å². The van der Waals surface area contributed by atoms with Crippen molar-refractivity contribution in [1.82, 2.24) is 0 Å². The van der Waals surface area contributed by atoms with Gasteiger partial charge in [-0.15, -0.1) is 11.3 Å². The van der Waals surface area contributed by atoms with E-state index < -0.39 is 0 Å². The Kier molecular flexibility index (Phi) is 9.11. The fraction of sp³-hybridized carbons (Fsp3) is 0. The zero-order valence-electron chi connectivity index (χ0n) is 32.9. The Balaban J connectivity index is 1.08. The first-order valence-corrected chi connectivity index (χ1v) is 21.3. The molecule has 11 aromatic rings. The van der Waals surface area contributed by atoms with Crippen molar-refractivity contribution >= 4 is 59.3 Å². The number of benzene rings is 10. The molecule has 60 heavy (non-hydrogen) atoms. The van der Waals surface area contributed by atoms with Gasteiger partial charge in [0.05, 0.1) is 5.69 Å². The van der Waals surface area contributed by atoms with Crippen molar-refractivity contribution in [3.05, 3.63) is 237 Å². The fourth-order valence-electron chi connectivity index (χ4n) is 8.75. The van der Waals surface area contributed by atoms with Crippen molar-refractivity contribution in [3.63, 3.8) is 0 Å². The zero-order chi connectivity index (χ0) is 39.8. The van der Waals surface area contributed by atoms with Crippen LogP contribution in [0, 0.1) is 0 Å². The van der Waals surface area contributed by atoms with Gasteiger partial charge in [0.25, 0.3) is 0 Å². The second-order valence-electron chi connectivity index (χ2n) is 15.3. The number of thiophene rings is 1. The maximum absolute atomic E-state index is 2.46. The molecule has 1 aromatic heterocycles. The second kappa shape index (κ2) is 15.3. The molecule has 11 rings (SSSR count). The summed E-state index contributed by atoms with van der Waals surface area (Å²) < 4.78 is 2.59. The molecule has 0 aliphatic carbocycles. The lowest BCUT2D eigenvalue weighted by atomic mass is 9.87. The molecule has 0 aliphatic heterocycles. The summed E-state index contributed by atoms with van der Waals surface area (Å²) in [4.78, 5) is 2.46. The topological polar surface area (TPSA) is 3.24 Å². The minimum atomic E-state index is 1.09. The van der Waals surface area contributed by atoms with Gasteiger partial charge in [-0.1, -0.05) is 188 Å². The molecule has 0 unspecified atom stereocenters. The molecule has 282 valence electrons. The van der Waals surface area contributed by atoms with Crippen LogP contribution in [-0.2, 0) is 0 Å². The predicted octanol–water partition coefficient (Wildman–Crippen LogP) is 17.0. The first kappa shape index (κ1) is 35.6. The van der Waals surface area contributed by atoms with Crippen LogP contribution in [0.25, 0.3) is 86.6 Å². The van der Waals surface area contributed by atoms with Gasteiger partial charge in [-0.25, -0.2) is 0 Å². The summed E-state index contributed by atoms with van der Waals surface area (Å²) >= 11 is 1.85. The summed E-state index contributed by atoms with van der Waals surface area (Å²) in [5.74, 6) is 0. The molecule has 0 atom stereocenters. The third-order valence-electron chi connectivity index (χ3n) is 11.7. The molecule has 10 aromatic carbocycles. The Morgan fingerprint density at radius 2 is 0.817 bits per heavy atom. The third-order valence-corrected chi connectivity index (χ3v) is 12.8. The van der Waals surface area contributed by atoms with E-state index in [0.29, 0.717) is 0 Å². The van der Waals surface area contributed by atoms with Gasteiger partial charge in [0.1, 0.15) is 0 Å². The summed E-state index contributed by atoms with van der Waals surface area (Å²) in [7, 11) is 0. The number of hydrogen-bond donors (Lipinski definition) is 0. The van der Waals surface area contributed by atoms with Crippen molar-refractivity contribution in [3.8, 4) is 55.6 Å². The van der Waals surface area contributed by atoms with Gasteiger partial charge >= 0.3 is 0 Å². The standard InChI is InChI=1S/C58H39NS/c1-3-15-44(16-4-1)50-20-9-10-22-53(50)58-51(45-17-5-2-6-18-45)23-13-24-55(58)59(49-36-37-57-54(39-49)52-21-11-12-25-56(52)60-57)48-34-32-42(33-35-48)41-26-28-43(29-27-41)47-31-30-40-14-7-8-19-46(40)38-47/h1-39H. The van der Waals surface area contributed by atoms with Gasteiger partial charge in [-0.2, -0.15) is 0 Å². The van der Waals surface area contributed by atoms with E-state index in [1.165, 1.54) is 86.6 Å². The van der Waals surface area contributed by atoms with Crippen LogP contribution in [0.1, 0.15) is 0 Å². The van der Waals surface area contributed by atoms with Gasteiger partial charge in [-0.3, -0.25) is 0 Å². The maximum Gasteiger partial charge on any atom is 0.0546 e. The van der Waals surface area contributed by atoms with Crippen LogP contribution in [0.2, 0.25) is 0 Å². The molecule has 2 heteroatoms. The Bertz CT molecular complexity index is 3290. The van der Waals surface area contributed by atoms with Gasteiger partial charge < -0.3 is 4.90 Å². The van der Waals surface area contributed by atoms with E-state index in [0.717, 1.165) is 17.1 Å². The maximum atomic E-state index is 2.46. The van der Waals surface area contributed by atoms with Crippen LogP contribution < -0.4 is 4.90 Å². The highest BCUT2D eigenvalue weighted by Crippen LogP contribution is 2.49. The van der Waals surface area contributed by atoms with Crippen molar-refractivity contribution in [2.24, 2.45) is 0 Å². The van der Waals surface area contributed by atoms with Gasteiger partial charge in [-0.05, 0) is 109 Å². The molecular weight excluding hydrogens is 743 g/mol. The largest absolute Gasteiger partial charge is 0.310 e. The monoisotopic (exact) mass is 781 g/mol. The minimum absolute atomic E-state index is 1.09. The lowest BCUT2D eigenvalue weighted by Gasteiger charge is -2.30. The van der Waals surface area contributed by atoms with Crippen molar-refractivity contribution in [1.29, 1.82) is 0 Å². The first-order valence-electron chi connectivity index (χ1n) is 20.5. The molecule has 0 saturated heterocycles. The highest BCUT2D eigenvalue weighted by molar-refractivity contribution is 7.25. The van der Waals surface area contributed by atoms with E-state index in [-0.39, 0.29) is 0 Å². The summed E-state index contributed by atoms with van der Waals surface area (Å²) in [5.41, 5.74) is 15.3. The van der Waals surface area contributed by atoms with Crippen molar-refractivity contribution in [2.45, 2.75) is 0 Å². The molecule has 0 fully saturated rings. The average molecular weight is 782 g/mol. The van der Waals surface area contributed by atoms with Crippen LogP contribution in [0.5, 0.6) is 0 Å². The molecule has 0 amide bonds. The van der Waals surface area contributed by atoms with E-state index in [1.807, 2.05) is 11.3 Å². The van der Waals surface area contributed by atoms with Gasteiger partial charge in [0.2, 0.25) is 0 Å². The Morgan fingerprint density at radius 1 is 0.283 bits per heavy atom. The Hall–Kier alpha value is -7.52. The summed E-state index contributed by atoms with van der Waals surface area (Å²) in [5, 5.41) is 5.07. The van der Waals surface area contributed by atoms with E-state index in [4.69, 9.17) is 0 Å². The lowest BCUT2D eigenvalue weighted by Crippen LogP contribution is -2.12. The summed E-state index contributed by atoms with van der Waals surface area (Å²) in [6.07, 6.45) is 0. The zero-order valence-corrected chi connectivity index (χ0v) is 33.7. The minimum Gasteiger partial charge on any atom is -0.310 e. The number of nitrogens with zero attached hydrogens (tertiary/aromatic N) is 1. The smallest absolute Gasteiger partial charge is 0.0546 e. The Labute approximate surface area is 354 Å². The van der Waals surface area contributed by atoms with Gasteiger partial charge in [0, 0.05) is 37.1 Å². The molecule has 1 nitrogen and oxygen atoms in total. The fourth-order valence-corrected chi connectivity index (χ4v) is 9.83. The lowest BCUT2D eigenvalue weighted by molar-refractivity contribution is 1.29. The normalized spacial score (nSPS) is 11.3. The van der Waals surface area contributed by atoms with E-state index >= 15 is 0 Å². The highest BCUT2D eigenvalue weighted by atomic mass is 32.1. The summed E-state index contributed by atoms with van der Waals surface area (Å²) in [6.45, 7) is 0. The van der Waals surface area contributed by atoms with Crippen molar-refractivity contribution in [2.75, 3.05) is 4.90 Å². The number of anilines is 3. The second-order valence-corrected chi connectivity index (χ2v) is 16.4. The molecule has 0 spiro atoms. The van der Waals surface area contributed by atoms with E-state index in [1.54, 1.807) is 0 Å². The van der Waals surface area contributed by atoms with Crippen LogP contribution >= 0.6 is 11.3 Å². The van der Waals surface area contributed by atoms with Crippen LogP contribution in [0.15, 0.2) is 237 Å². The third kappa shape index (κ3) is 6.54. The number of hydrogen-bond acceptors (Lipinski definition) is 2. The van der Waals surface area contributed by atoms with Crippen LogP contribution in [-0.4, -0.2) is 0 Å². The molecular formula is C58H39NS. The van der Waals surface area contributed by atoms with Gasteiger partial charge in [0.15, 0.2) is 0 Å². The number of fused-ring (bicyclic) bond motifs is 4. The molecule has 0 N–H and O–H groups in total. The average Bonchev–Trinajstić information content (AvgIpc) is 3.70. The highest BCUT2D eigenvalue weighted by Gasteiger charge is 2.23. The molecule has 0 aliphatic rings. The van der Waals surface area contributed by atoms with E-state index in [9.17, 15) is 0 Å². The van der Waals surface area contributed by atoms with E-state index in [2.05, 4.69) is 241 Å². The quantitative estimate of drug-likeness (QED) is 0.148. The van der Waals surface area contributed by atoms with Crippen LogP contribution in [0.4, 0.5) is 17.1 Å². The first-order chi connectivity index (χ1) is 29.7. The molecule has 0 bridgehead atoms. The molecule has 0 radical (unpaired) electrons. The number of rotatable bonds is 8. The molecule has 0 saturated carbocycles. The molecule has 1 heterocycles. The van der Waals surface area contributed by atoms with Crippen LogP contribution in [0.3, 0.4) is 0 Å².